The minimum atomic E-state index is 0.340. The largest absolute Gasteiger partial charge is 0.371 e. The minimum Gasteiger partial charge on any atom is -0.371 e. The van der Waals surface area contributed by atoms with Crippen LogP contribution in [-0.4, -0.2) is 43.5 Å². The summed E-state index contributed by atoms with van der Waals surface area (Å²) >= 11 is 0. The third-order valence-corrected chi connectivity index (χ3v) is 6.88. The summed E-state index contributed by atoms with van der Waals surface area (Å²) in [5, 5.41) is 0. The van der Waals surface area contributed by atoms with E-state index in [1.54, 1.807) is 0 Å². The second-order valence-electron chi connectivity index (χ2n) is 8.73. The van der Waals surface area contributed by atoms with Crippen LogP contribution in [0, 0.1) is 0 Å². The topological polar surface area (TPSA) is 26.8 Å². The van der Waals surface area contributed by atoms with Crippen LogP contribution >= 0.6 is 0 Å². The molecule has 0 spiro atoms. The Morgan fingerprint density at radius 3 is 2.38 bits per heavy atom. The van der Waals surface area contributed by atoms with E-state index in [0.717, 1.165) is 45.4 Å². The molecule has 0 radical (unpaired) electrons. The molecule has 4 nitrogen and oxygen atoms in total. The van der Waals surface area contributed by atoms with Crippen molar-refractivity contribution < 1.29 is 4.79 Å². The maximum Gasteiger partial charge on any atom is 0.222 e. The first kappa shape index (κ1) is 18.5. The summed E-state index contributed by atoms with van der Waals surface area (Å²) in [6, 6.07) is 17.8. The van der Waals surface area contributed by atoms with Crippen LogP contribution in [0.5, 0.6) is 0 Å². The molecule has 1 amide bonds. The number of carbonyl (C=O) groups excluding carboxylic acids is 1. The Morgan fingerprint density at radius 1 is 0.828 bits per heavy atom. The number of anilines is 2. The van der Waals surface area contributed by atoms with Gasteiger partial charge >= 0.3 is 0 Å². The molecular weight excluding hydrogens is 358 g/mol. The fourth-order valence-corrected chi connectivity index (χ4v) is 5.35. The van der Waals surface area contributed by atoms with Gasteiger partial charge in [0.2, 0.25) is 5.91 Å². The Hall–Kier alpha value is -2.49. The van der Waals surface area contributed by atoms with Crippen molar-refractivity contribution in [2.45, 2.75) is 44.6 Å². The monoisotopic (exact) mass is 389 g/mol. The van der Waals surface area contributed by atoms with E-state index in [1.165, 1.54) is 48.4 Å². The van der Waals surface area contributed by atoms with Crippen molar-refractivity contribution in [1.82, 2.24) is 4.90 Å². The van der Waals surface area contributed by atoms with Gasteiger partial charge in [0.25, 0.3) is 0 Å². The molecule has 152 valence electrons. The number of benzene rings is 2. The van der Waals surface area contributed by atoms with Crippen LogP contribution in [0.4, 0.5) is 11.4 Å². The van der Waals surface area contributed by atoms with E-state index in [4.69, 9.17) is 0 Å². The van der Waals surface area contributed by atoms with E-state index in [-0.39, 0.29) is 0 Å². The number of carbonyl (C=O) groups is 1. The Labute approximate surface area is 174 Å². The molecule has 29 heavy (non-hydrogen) atoms. The van der Waals surface area contributed by atoms with Crippen LogP contribution in [-0.2, 0) is 11.3 Å². The molecule has 0 bridgehead atoms. The van der Waals surface area contributed by atoms with Gasteiger partial charge in [-0.3, -0.25) is 4.79 Å². The second kappa shape index (κ2) is 8.10. The number of hydrogen-bond donors (Lipinski definition) is 0. The number of para-hydroxylation sites is 2. The van der Waals surface area contributed by atoms with Crippen molar-refractivity contribution in [3.8, 4) is 0 Å². The summed E-state index contributed by atoms with van der Waals surface area (Å²) in [5.74, 6) is 0.853. The second-order valence-corrected chi connectivity index (χ2v) is 8.73. The van der Waals surface area contributed by atoms with Crippen molar-refractivity contribution in [1.29, 1.82) is 0 Å². The SMILES string of the molecule is O=C1CCCN1CCC1CN(Cc2ccccc2N2CCCC2)c2ccccc21. The Morgan fingerprint density at radius 2 is 1.59 bits per heavy atom. The Bertz CT molecular complexity index is 874. The minimum absolute atomic E-state index is 0.340. The lowest BCUT2D eigenvalue weighted by molar-refractivity contribution is -0.127. The molecule has 4 heteroatoms. The van der Waals surface area contributed by atoms with Crippen molar-refractivity contribution in [3.63, 3.8) is 0 Å². The van der Waals surface area contributed by atoms with Gasteiger partial charge in [-0.2, -0.15) is 0 Å². The smallest absolute Gasteiger partial charge is 0.222 e. The van der Waals surface area contributed by atoms with Crippen LogP contribution in [0.2, 0.25) is 0 Å². The third kappa shape index (κ3) is 3.73. The lowest BCUT2D eigenvalue weighted by Gasteiger charge is -2.26. The molecule has 0 N–H and O–H groups in total. The highest BCUT2D eigenvalue weighted by Gasteiger charge is 2.30. The van der Waals surface area contributed by atoms with Crippen molar-refractivity contribution in [3.05, 3.63) is 59.7 Å². The summed E-state index contributed by atoms with van der Waals surface area (Å²) in [5.41, 5.74) is 5.67. The number of hydrogen-bond acceptors (Lipinski definition) is 3. The molecule has 3 heterocycles. The quantitative estimate of drug-likeness (QED) is 0.732. The number of fused-ring (bicyclic) bond motifs is 1. The van der Waals surface area contributed by atoms with E-state index in [1.807, 2.05) is 0 Å². The maximum atomic E-state index is 12.0. The van der Waals surface area contributed by atoms with Crippen LogP contribution in [0.15, 0.2) is 48.5 Å². The van der Waals surface area contributed by atoms with E-state index in [2.05, 4.69) is 63.2 Å². The summed E-state index contributed by atoms with van der Waals surface area (Å²) in [6.07, 6.45) is 5.43. The molecule has 3 aliphatic heterocycles. The van der Waals surface area contributed by atoms with E-state index in [0.29, 0.717) is 11.8 Å². The van der Waals surface area contributed by atoms with E-state index >= 15 is 0 Å². The van der Waals surface area contributed by atoms with Gasteiger partial charge in [0, 0.05) is 63.0 Å². The summed E-state index contributed by atoms with van der Waals surface area (Å²) in [4.78, 5) is 19.2. The summed E-state index contributed by atoms with van der Waals surface area (Å²) in [7, 11) is 0. The fraction of sp³-hybridized carbons (Fsp3) is 0.480. The van der Waals surface area contributed by atoms with Crippen LogP contribution in [0.1, 0.15) is 49.1 Å². The molecule has 2 fully saturated rings. The fourth-order valence-electron chi connectivity index (χ4n) is 5.35. The molecule has 2 aromatic rings. The molecule has 2 aromatic carbocycles. The van der Waals surface area contributed by atoms with Gasteiger partial charge in [0.05, 0.1) is 0 Å². The Kier molecular flexibility index (Phi) is 5.17. The standard InChI is InChI=1S/C25H31N3O/c29-25-12-7-16-27(25)17-13-20-18-28(24-11-4-2-9-22(20)24)19-21-8-1-3-10-23(21)26-14-5-6-15-26/h1-4,8-11,20H,5-7,12-19H2. The van der Waals surface area contributed by atoms with Crippen LogP contribution in [0.25, 0.3) is 0 Å². The molecule has 0 aromatic heterocycles. The highest BCUT2D eigenvalue weighted by Crippen LogP contribution is 2.40. The number of nitrogens with zero attached hydrogens (tertiary/aromatic N) is 3. The molecule has 0 saturated carbocycles. The van der Waals surface area contributed by atoms with Crippen LogP contribution < -0.4 is 9.80 Å². The zero-order valence-electron chi connectivity index (χ0n) is 17.2. The lowest BCUT2D eigenvalue weighted by Crippen LogP contribution is -2.28. The van der Waals surface area contributed by atoms with Gasteiger partial charge in [-0.05, 0) is 48.9 Å². The Balaban J connectivity index is 1.33. The van der Waals surface area contributed by atoms with E-state index < -0.39 is 0 Å². The average Bonchev–Trinajstić information content (AvgIpc) is 3.49. The predicted molar refractivity (Wildman–Crippen MR) is 119 cm³/mol. The maximum absolute atomic E-state index is 12.0. The normalized spacial score (nSPS) is 21.3. The van der Waals surface area contributed by atoms with Crippen molar-refractivity contribution >= 4 is 17.3 Å². The molecule has 5 rings (SSSR count). The van der Waals surface area contributed by atoms with Gasteiger partial charge in [-0.25, -0.2) is 0 Å². The average molecular weight is 390 g/mol. The van der Waals surface area contributed by atoms with Gasteiger partial charge in [0.15, 0.2) is 0 Å². The van der Waals surface area contributed by atoms with Crippen molar-refractivity contribution in [2.75, 3.05) is 42.5 Å². The number of rotatable bonds is 6. The molecule has 1 atom stereocenters. The number of likely N-dealkylation sites (tertiary alicyclic amines) is 1. The third-order valence-electron chi connectivity index (χ3n) is 6.88. The van der Waals surface area contributed by atoms with Gasteiger partial charge in [-0.15, -0.1) is 0 Å². The summed E-state index contributed by atoms with van der Waals surface area (Å²) in [6.45, 7) is 6.22. The summed E-state index contributed by atoms with van der Waals surface area (Å²) < 4.78 is 0. The van der Waals surface area contributed by atoms with Crippen LogP contribution in [0.3, 0.4) is 0 Å². The van der Waals surface area contributed by atoms with Gasteiger partial charge < -0.3 is 14.7 Å². The van der Waals surface area contributed by atoms with E-state index in [9.17, 15) is 4.79 Å². The lowest BCUT2D eigenvalue weighted by atomic mass is 9.98. The molecule has 3 aliphatic rings. The molecule has 1 unspecified atom stereocenters. The molecule has 2 saturated heterocycles. The predicted octanol–water partition coefficient (Wildman–Crippen LogP) is 4.40. The first-order chi connectivity index (χ1) is 14.3. The highest BCUT2D eigenvalue weighted by atomic mass is 16.2. The zero-order valence-corrected chi connectivity index (χ0v) is 17.2. The first-order valence-electron chi connectivity index (χ1n) is 11.2. The van der Waals surface area contributed by atoms with Gasteiger partial charge in [-0.1, -0.05) is 36.4 Å². The first-order valence-corrected chi connectivity index (χ1v) is 11.2. The number of amides is 1. The highest BCUT2D eigenvalue weighted by molar-refractivity contribution is 5.78. The van der Waals surface area contributed by atoms with Gasteiger partial charge in [0.1, 0.15) is 0 Å². The molecular formula is C25H31N3O. The molecule has 0 aliphatic carbocycles. The van der Waals surface area contributed by atoms with Crippen molar-refractivity contribution in [2.24, 2.45) is 0 Å². The zero-order chi connectivity index (χ0) is 19.6.